The second-order valence-electron chi connectivity index (χ2n) is 14.9. The molecule has 1 N–H and O–H groups in total. The topological polar surface area (TPSA) is 67.9 Å². The smallest absolute Gasteiger partial charge is 0.306 e. The molecule has 0 spiro atoms. The van der Waals surface area contributed by atoms with Gasteiger partial charge in [0.1, 0.15) is 6.10 Å². The van der Waals surface area contributed by atoms with Crippen LogP contribution < -0.4 is 5.32 Å². The molecule has 0 heterocycles. The molecule has 296 valence electrons. The van der Waals surface area contributed by atoms with Crippen molar-refractivity contribution in [1.82, 2.24) is 10.2 Å². The molecule has 6 nitrogen and oxygen atoms in total. The van der Waals surface area contributed by atoms with Gasteiger partial charge in [-0.2, -0.15) is 0 Å². The molecule has 6 heteroatoms. The van der Waals surface area contributed by atoms with Crippen LogP contribution in [0.5, 0.6) is 0 Å². The van der Waals surface area contributed by atoms with E-state index in [1.165, 1.54) is 135 Å². The van der Waals surface area contributed by atoms with Gasteiger partial charge in [0.05, 0.1) is 6.61 Å². The summed E-state index contributed by atoms with van der Waals surface area (Å²) in [7, 11) is 0. The Morgan fingerprint density at radius 2 is 0.960 bits per heavy atom. The molecule has 0 rings (SSSR count). The predicted molar refractivity (Wildman–Crippen MR) is 216 cm³/mol. The van der Waals surface area contributed by atoms with Crippen LogP contribution in [0, 0.1) is 0 Å². The maximum Gasteiger partial charge on any atom is 0.306 e. The van der Waals surface area contributed by atoms with Gasteiger partial charge in [-0.3, -0.25) is 9.59 Å². The SMILES string of the molecule is C=CNCCCN(CCCCCCCC(=O)OCCCCCCCCC)CCCCCCCC(=O)OC(CCCCCC)CCCCCCC. The van der Waals surface area contributed by atoms with Crippen LogP contribution in [-0.2, 0) is 19.1 Å². The van der Waals surface area contributed by atoms with Gasteiger partial charge in [0.15, 0.2) is 0 Å². The van der Waals surface area contributed by atoms with Crippen molar-refractivity contribution >= 4 is 11.9 Å². The highest BCUT2D eigenvalue weighted by atomic mass is 16.5. The standard InChI is InChI=1S/C44H86N2O4/c1-5-9-12-15-16-24-31-41-49-43(47)35-27-20-17-22-29-38-46(40-32-37-45-8-4)39-30-23-18-21-28-36-44(48)50-42(33-25-14-11-7-3)34-26-19-13-10-6-2/h8,42,45H,4-7,9-41H2,1-3H3. The maximum absolute atomic E-state index is 12.6. The van der Waals surface area contributed by atoms with Crippen molar-refractivity contribution in [2.75, 3.05) is 32.8 Å². The van der Waals surface area contributed by atoms with Crippen LogP contribution in [0.1, 0.15) is 220 Å². The first-order valence-electron chi connectivity index (χ1n) is 22.0. The van der Waals surface area contributed by atoms with Crippen LogP contribution in [0.4, 0.5) is 0 Å². The highest BCUT2D eigenvalue weighted by Gasteiger charge is 2.14. The van der Waals surface area contributed by atoms with Crippen molar-refractivity contribution in [3.05, 3.63) is 12.8 Å². The largest absolute Gasteiger partial charge is 0.466 e. The van der Waals surface area contributed by atoms with Gasteiger partial charge in [0, 0.05) is 19.4 Å². The quantitative estimate of drug-likeness (QED) is 0.0504. The molecule has 0 aliphatic rings. The van der Waals surface area contributed by atoms with Gasteiger partial charge in [-0.25, -0.2) is 0 Å². The summed E-state index contributed by atoms with van der Waals surface area (Å²) in [5.74, 6) is 0.0117. The number of hydrogen-bond acceptors (Lipinski definition) is 6. The van der Waals surface area contributed by atoms with Gasteiger partial charge in [0.25, 0.3) is 0 Å². The van der Waals surface area contributed by atoms with Crippen molar-refractivity contribution < 1.29 is 19.1 Å². The summed E-state index contributed by atoms with van der Waals surface area (Å²) in [6, 6.07) is 0. The molecule has 0 saturated heterocycles. The van der Waals surface area contributed by atoms with E-state index in [-0.39, 0.29) is 18.0 Å². The zero-order valence-electron chi connectivity index (χ0n) is 33.9. The van der Waals surface area contributed by atoms with Gasteiger partial charge in [-0.1, -0.05) is 149 Å². The maximum atomic E-state index is 12.6. The summed E-state index contributed by atoms with van der Waals surface area (Å²) in [5, 5.41) is 3.24. The molecule has 1 atom stereocenters. The lowest BCUT2D eigenvalue weighted by Crippen LogP contribution is -2.29. The summed E-state index contributed by atoms with van der Waals surface area (Å²) in [4.78, 5) is 27.3. The third kappa shape index (κ3) is 36.2. The Bertz CT molecular complexity index is 731. The Morgan fingerprint density at radius 1 is 0.540 bits per heavy atom. The first-order chi connectivity index (χ1) is 24.6. The van der Waals surface area contributed by atoms with Crippen LogP contribution in [0.15, 0.2) is 12.8 Å². The second kappa shape index (κ2) is 40.2. The number of carbonyl (C=O) groups is 2. The number of rotatable bonds is 41. The lowest BCUT2D eigenvalue weighted by atomic mass is 10.0. The molecule has 0 radical (unpaired) electrons. The van der Waals surface area contributed by atoms with Gasteiger partial charge in [-0.15, -0.1) is 0 Å². The van der Waals surface area contributed by atoms with Crippen LogP contribution in [0.2, 0.25) is 0 Å². The average molecular weight is 707 g/mol. The number of ether oxygens (including phenoxy) is 2. The fraction of sp³-hybridized carbons (Fsp3) is 0.909. The molecule has 0 aromatic heterocycles. The second-order valence-corrected chi connectivity index (χ2v) is 14.9. The van der Waals surface area contributed by atoms with E-state index in [1.807, 2.05) is 0 Å². The number of esters is 2. The third-order valence-electron chi connectivity index (χ3n) is 9.97. The van der Waals surface area contributed by atoms with Crippen molar-refractivity contribution in [1.29, 1.82) is 0 Å². The summed E-state index contributed by atoms with van der Waals surface area (Å²) in [6.45, 7) is 15.5. The molecular weight excluding hydrogens is 620 g/mol. The molecule has 0 aliphatic carbocycles. The molecule has 0 aliphatic heterocycles. The van der Waals surface area contributed by atoms with Crippen molar-refractivity contribution in [3.8, 4) is 0 Å². The van der Waals surface area contributed by atoms with E-state index in [0.717, 1.165) is 77.5 Å². The van der Waals surface area contributed by atoms with Gasteiger partial charge >= 0.3 is 11.9 Å². The Balaban J connectivity index is 4.09. The summed E-state index contributed by atoms with van der Waals surface area (Å²) >= 11 is 0. The molecule has 0 fully saturated rings. The Kier molecular flexibility index (Phi) is 39.0. The molecule has 0 aromatic carbocycles. The average Bonchev–Trinajstić information content (AvgIpc) is 3.11. The molecular formula is C44H86N2O4. The fourth-order valence-corrected chi connectivity index (χ4v) is 6.71. The number of hydrogen-bond donors (Lipinski definition) is 1. The summed E-state index contributed by atoms with van der Waals surface area (Å²) in [6.07, 6.45) is 37.7. The third-order valence-corrected chi connectivity index (χ3v) is 9.97. The van der Waals surface area contributed by atoms with Crippen molar-refractivity contribution in [2.24, 2.45) is 0 Å². The first-order valence-corrected chi connectivity index (χ1v) is 22.0. The molecule has 0 saturated carbocycles. The number of unbranched alkanes of at least 4 members (excludes halogenated alkanes) is 21. The van der Waals surface area contributed by atoms with E-state index in [9.17, 15) is 9.59 Å². The molecule has 50 heavy (non-hydrogen) atoms. The minimum absolute atomic E-state index is 0.0134. The highest BCUT2D eigenvalue weighted by molar-refractivity contribution is 5.69. The normalized spacial score (nSPS) is 11.9. The Morgan fingerprint density at radius 3 is 1.50 bits per heavy atom. The van der Waals surface area contributed by atoms with Gasteiger partial charge in [0.2, 0.25) is 0 Å². The summed E-state index contributed by atoms with van der Waals surface area (Å²) < 4.78 is 11.4. The van der Waals surface area contributed by atoms with E-state index in [4.69, 9.17) is 9.47 Å². The Hall–Kier alpha value is -1.56. The van der Waals surface area contributed by atoms with Crippen molar-refractivity contribution in [2.45, 2.75) is 226 Å². The van der Waals surface area contributed by atoms with Crippen LogP contribution in [-0.4, -0.2) is 55.7 Å². The van der Waals surface area contributed by atoms with Crippen LogP contribution in [0.3, 0.4) is 0 Å². The molecule has 1 unspecified atom stereocenters. The minimum atomic E-state index is -0.0134. The fourth-order valence-electron chi connectivity index (χ4n) is 6.71. The van der Waals surface area contributed by atoms with Crippen molar-refractivity contribution in [3.63, 3.8) is 0 Å². The first kappa shape index (κ1) is 48.4. The zero-order valence-corrected chi connectivity index (χ0v) is 33.9. The zero-order chi connectivity index (χ0) is 36.6. The number of nitrogens with one attached hydrogen (secondary N) is 1. The van der Waals surface area contributed by atoms with E-state index in [1.54, 1.807) is 6.20 Å². The minimum Gasteiger partial charge on any atom is -0.466 e. The van der Waals surface area contributed by atoms with E-state index < -0.39 is 0 Å². The predicted octanol–water partition coefficient (Wildman–Crippen LogP) is 12.6. The highest BCUT2D eigenvalue weighted by Crippen LogP contribution is 2.18. The Labute approximate surface area is 312 Å². The molecule has 0 amide bonds. The lowest BCUT2D eigenvalue weighted by Gasteiger charge is -2.22. The summed E-state index contributed by atoms with van der Waals surface area (Å²) in [5.41, 5.74) is 0. The lowest BCUT2D eigenvalue weighted by molar-refractivity contribution is -0.150. The van der Waals surface area contributed by atoms with Gasteiger partial charge in [-0.05, 0) is 90.0 Å². The van der Waals surface area contributed by atoms with Gasteiger partial charge < -0.3 is 19.7 Å². The number of nitrogens with zero attached hydrogens (tertiary/aromatic N) is 1. The van der Waals surface area contributed by atoms with Crippen LogP contribution in [0.25, 0.3) is 0 Å². The number of carbonyl (C=O) groups excluding carboxylic acids is 2. The van der Waals surface area contributed by atoms with E-state index in [2.05, 4.69) is 37.6 Å². The van der Waals surface area contributed by atoms with E-state index in [0.29, 0.717) is 19.4 Å². The monoisotopic (exact) mass is 707 g/mol. The molecule has 0 bridgehead atoms. The van der Waals surface area contributed by atoms with E-state index >= 15 is 0 Å². The molecule has 0 aromatic rings. The van der Waals surface area contributed by atoms with Crippen LogP contribution >= 0.6 is 0 Å².